The number of carboxylic acid groups (broad SMARTS) is 1. The SMILES string of the molecule is O=C(O)c1cc(Oc2ccc(F)cn2)cs1. The molecule has 16 heavy (non-hydrogen) atoms. The Labute approximate surface area is 93.9 Å². The second-order valence-corrected chi connectivity index (χ2v) is 3.78. The molecule has 2 rings (SSSR count). The number of rotatable bonds is 3. The highest BCUT2D eigenvalue weighted by Crippen LogP contribution is 2.25. The zero-order chi connectivity index (χ0) is 11.5. The van der Waals surface area contributed by atoms with Crippen molar-refractivity contribution >= 4 is 17.3 Å². The summed E-state index contributed by atoms with van der Waals surface area (Å²) in [6.45, 7) is 0. The Morgan fingerprint density at radius 2 is 2.31 bits per heavy atom. The number of aromatic carboxylic acids is 1. The van der Waals surface area contributed by atoms with Crippen LogP contribution in [0.15, 0.2) is 29.8 Å². The summed E-state index contributed by atoms with van der Waals surface area (Å²) in [5, 5.41) is 10.2. The largest absolute Gasteiger partial charge is 0.477 e. The zero-order valence-corrected chi connectivity index (χ0v) is 8.70. The number of nitrogens with zero attached hydrogens (tertiary/aromatic N) is 1. The first kappa shape index (κ1) is 10.6. The highest BCUT2D eigenvalue weighted by molar-refractivity contribution is 7.12. The highest BCUT2D eigenvalue weighted by Gasteiger charge is 2.08. The predicted molar refractivity (Wildman–Crippen MR) is 55.5 cm³/mol. The number of hydrogen-bond donors (Lipinski definition) is 1. The summed E-state index contributed by atoms with van der Waals surface area (Å²) >= 11 is 1.05. The van der Waals surface area contributed by atoms with Crippen LogP contribution in [0.4, 0.5) is 4.39 Å². The molecule has 0 aliphatic carbocycles. The van der Waals surface area contributed by atoms with Gasteiger partial charge in [0.25, 0.3) is 0 Å². The summed E-state index contributed by atoms with van der Waals surface area (Å²) in [7, 11) is 0. The second kappa shape index (κ2) is 4.28. The number of pyridine rings is 1. The molecule has 0 aromatic carbocycles. The van der Waals surface area contributed by atoms with E-state index in [4.69, 9.17) is 9.84 Å². The van der Waals surface area contributed by atoms with Crippen molar-refractivity contribution in [1.29, 1.82) is 0 Å². The Kier molecular flexibility index (Phi) is 2.82. The van der Waals surface area contributed by atoms with Crippen molar-refractivity contribution < 1.29 is 19.0 Å². The smallest absolute Gasteiger partial charge is 0.346 e. The lowest BCUT2D eigenvalue weighted by Crippen LogP contribution is -1.90. The van der Waals surface area contributed by atoms with Crippen LogP contribution in [0.5, 0.6) is 11.6 Å². The molecule has 0 atom stereocenters. The Balaban J connectivity index is 2.14. The average Bonchev–Trinajstić information content (AvgIpc) is 2.70. The van der Waals surface area contributed by atoms with Crippen LogP contribution in [0.3, 0.4) is 0 Å². The Morgan fingerprint density at radius 3 is 2.88 bits per heavy atom. The molecule has 0 fully saturated rings. The van der Waals surface area contributed by atoms with Crippen molar-refractivity contribution in [2.45, 2.75) is 0 Å². The van der Waals surface area contributed by atoms with Gasteiger partial charge in [0.2, 0.25) is 5.88 Å². The number of thiophene rings is 1. The van der Waals surface area contributed by atoms with Gasteiger partial charge in [-0.1, -0.05) is 0 Å². The molecule has 0 unspecified atom stereocenters. The molecule has 0 saturated carbocycles. The maximum atomic E-state index is 12.5. The van der Waals surface area contributed by atoms with Crippen LogP contribution in [-0.2, 0) is 0 Å². The molecule has 2 heterocycles. The summed E-state index contributed by atoms with van der Waals surface area (Å²) in [5.41, 5.74) is 0. The van der Waals surface area contributed by atoms with E-state index in [0.29, 0.717) is 5.75 Å². The van der Waals surface area contributed by atoms with Gasteiger partial charge in [-0.25, -0.2) is 14.2 Å². The van der Waals surface area contributed by atoms with Crippen molar-refractivity contribution in [1.82, 2.24) is 4.98 Å². The van der Waals surface area contributed by atoms with E-state index >= 15 is 0 Å². The minimum atomic E-state index is -1.01. The van der Waals surface area contributed by atoms with E-state index in [1.165, 1.54) is 18.2 Å². The molecule has 0 aliphatic heterocycles. The maximum Gasteiger partial charge on any atom is 0.346 e. The number of carbonyl (C=O) groups is 1. The van der Waals surface area contributed by atoms with Crippen molar-refractivity contribution in [3.8, 4) is 11.6 Å². The molecule has 2 aromatic heterocycles. The lowest BCUT2D eigenvalue weighted by Gasteiger charge is -2.00. The summed E-state index contributed by atoms with van der Waals surface area (Å²) in [4.78, 5) is 14.5. The molecule has 0 bridgehead atoms. The molecule has 0 amide bonds. The van der Waals surface area contributed by atoms with Gasteiger partial charge in [0.1, 0.15) is 16.4 Å². The zero-order valence-electron chi connectivity index (χ0n) is 7.88. The van der Waals surface area contributed by atoms with Gasteiger partial charge in [-0.15, -0.1) is 11.3 Å². The molecule has 6 heteroatoms. The highest BCUT2D eigenvalue weighted by atomic mass is 32.1. The van der Waals surface area contributed by atoms with Gasteiger partial charge in [-0.2, -0.15) is 0 Å². The molecule has 0 spiro atoms. The third-order valence-electron chi connectivity index (χ3n) is 1.71. The fourth-order valence-electron chi connectivity index (χ4n) is 1.03. The minimum absolute atomic E-state index is 0.178. The van der Waals surface area contributed by atoms with E-state index in [1.807, 2.05) is 0 Å². The fourth-order valence-corrected chi connectivity index (χ4v) is 1.67. The third-order valence-corrected chi connectivity index (χ3v) is 2.61. The summed E-state index contributed by atoms with van der Waals surface area (Å²) in [6, 6.07) is 3.97. The molecule has 0 saturated heterocycles. The van der Waals surface area contributed by atoms with Crippen LogP contribution in [0.2, 0.25) is 0 Å². The second-order valence-electron chi connectivity index (χ2n) is 2.87. The van der Waals surface area contributed by atoms with E-state index in [1.54, 1.807) is 5.38 Å². The molecule has 1 N–H and O–H groups in total. The average molecular weight is 239 g/mol. The number of carboxylic acids is 1. The number of halogens is 1. The molecule has 4 nitrogen and oxygen atoms in total. The fraction of sp³-hybridized carbons (Fsp3) is 0. The first-order chi connectivity index (χ1) is 7.65. The van der Waals surface area contributed by atoms with Gasteiger partial charge in [0.15, 0.2) is 0 Å². The topological polar surface area (TPSA) is 59.4 Å². The van der Waals surface area contributed by atoms with Crippen molar-refractivity contribution in [2.24, 2.45) is 0 Å². The summed E-state index contributed by atoms with van der Waals surface area (Å²) < 4.78 is 17.8. The van der Waals surface area contributed by atoms with Crippen LogP contribution < -0.4 is 4.74 Å². The van der Waals surface area contributed by atoms with Crippen LogP contribution in [0.1, 0.15) is 9.67 Å². The van der Waals surface area contributed by atoms with Crippen molar-refractivity contribution in [3.63, 3.8) is 0 Å². The lowest BCUT2D eigenvalue weighted by molar-refractivity contribution is 0.0702. The minimum Gasteiger partial charge on any atom is -0.477 e. The maximum absolute atomic E-state index is 12.5. The summed E-state index contributed by atoms with van der Waals surface area (Å²) in [6.07, 6.45) is 1.03. The molecular formula is C10H6FNO3S. The lowest BCUT2D eigenvalue weighted by atomic mass is 10.4. The van der Waals surface area contributed by atoms with Crippen molar-refractivity contribution in [3.05, 3.63) is 40.5 Å². The van der Waals surface area contributed by atoms with E-state index in [0.717, 1.165) is 17.5 Å². The van der Waals surface area contributed by atoms with E-state index in [-0.39, 0.29) is 10.8 Å². The van der Waals surface area contributed by atoms with Crippen molar-refractivity contribution in [2.75, 3.05) is 0 Å². The van der Waals surface area contributed by atoms with Gasteiger partial charge in [-0.05, 0) is 6.07 Å². The molecule has 0 radical (unpaired) electrons. The van der Waals surface area contributed by atoms with Gasteiger partial charge >= 0.3 is 5.97 Å². The van der Waals surface area contributed by atoms with Crippen LogP contribution in [-0.4, -0.2) is 16.1 Å². The molecule has 2 aromatic rings. The predicted octanol–water partition coefficient (Wildman–Crippen LogP) is 2.77. The van der Waals surface area contributed by atoms with Crippen LogP contribution in [0.25, 0.3) is 0 Å². The summed E-state index contributed by atoms with van der Waals surface area (Å²) in [5.74, 6) is -0.867. The van der Waals surface area contributed by atoms with E-state index in [9.17, 15) is 9.18 Å². The first-order valence-corrected chi connectivity index (χ1v) is 5.14. The number of aromatic nitrogens is 1. The third kappa shape index (κ3) is 2.34. The quantitative estimate of drug-likeness (QED) is 0.894. The molecule has 82 valence electrons. The molecule has 0 aliphatic rings. The van der Waals surface area contributed by atoms with Gasteiger partial charge in [0.05, 0.1) is 6.20 Å². The standard InChI is InChI=1S/C10H6FNO3S/c11-6-1-2-9(12-4-6)15-7-3-8(10(13)14)16-5-7/h1-5H,(H,13,14). The van der Waals surface area contributed by atoms with Gasteiger partial charge < -0.3 is 9.84 Å². The van der Waals surface area contributed by atoms with Crippen LogP contribution in [0, 0.1) is 5.82 Å². The molecular weight excluding hydrogens is 233 g/mol. The Morgan fingerprint density at radius 1 is 1.50 bits per heavy atom. The number of hydrogen-bond acceptors (Lipinski definition) is 4. The normalized spacial score (nSPS) is 10.1. The Bertz CT molecular complexity index is 509. The van der Waals surface area contributed by atoms with Gasteiger partial charge in [-0.3, -0.25) is 0 Å². The Hall–Kier alpha value is -1.95. The monoisotopic (exact) mass is 239 g/mol. The van der Waals surface area contributed by atoms with Crippen LogP contribution >= 0.6 is 11.3 Å². The van der Waals surface area contributed by atoms with E-state index in [2.05, 4.69) is 4.98 Å². The number of ether oxygens (including phenoxy) is 1. The van der Waals surface area contributed by atoms with Gasteiger partial charge in [0, 0.05) is 17.5 Å². The first-order valence-electron chi connectivity index (χ1n) is 4.26. The van der Waals surface area contributed by atoms with E-state index < -0.39 is 11.8 Å².